The minimum Gasteiger partial charge on any atom is -0.494 e. The Balaban J connectivity index is 1.90. The van der Waals surface area contributed by atoms with E-state index >= 15 is 0 Å². The molecule has 0 saturated carbocycles. The number of carbonyl (C=O) groups is 1. The fraction of sp³-hybridized carbons (Fsp3) is 0.211. The second-order valence-electron chi connectivity index (χ2n) is 6.02. The van der Waals surface area contributed by atoms with Crippen LogP contribution in [0.15, 0.2) is 42.6 Å². The highest BCUT2D eigenvalue weighted by molar-refractivity contribution is 5.99. The number of halogens is 3. The average Bonchev–Trinajstić information content (AvgIpc) is 2.90. The van der Waals surface area contributed by atoms with Gasteiger partial charge in [-0.2, -0.15) is 0 Å². The Morgan fingerprint density at radius 1 is 1.19 bits per heavy atom. The summed E-state index contributed by atoms with van der Waals surface area (Å²) in [5, 5.41) is 11.8. The van der Waals surface area contributed by atoms with Gasteiger partial charge in [-0.3, -0.25) is 0 Å². The summed E-state index contributed by atoms with van der Waals surface area (Å²) in [6.07, 6.45) is -3.07. The van der Waals surface area contributed by atoms with Gasteiger partial charge in [-0.05, 0) is 42.3 Å². The van der Waals surface area contributed by atoms with E-state index in [0.29, 0.717) is 27.5 Å². The van der Waals surface area contributed by atoms with Crippen LogP contribution in [0, 0.1) is 6.92 Å². The van der Waals surface area contributed by atoms with Crippen molar-refractivity contribution in [3.63, 3.8) is 0 Å². The summed E-state index contributed by atoms with van der Waals surface area (Å²) in [7, 11) is 1.29. The maximum absolute atomic E-state index is 12.2. The number of carbonyl (C=O) groups excluding carboxylic acids is 1. The number of fused-ring (bicyclic) bond motifs is 1. The topological polar surface area (TPSA) is 60.7 Å². The first kappa shape index (κ1) is 18.6. The fourth-order valence-corrected chi connectivity index (χ4v) is 2.94. The number of nitrogens with zero attached hydrogens (tertiary/aromatic N) is 1. The first-order valence-electron chi connectivity index (χ1n) is 7.93. The third kappa shape index (κ3) is 3.99. The zero-order valence-electron chi connectivity index (χ0n) is 14.5. The number of ether oxygens (including phenoxy) is 2. The van der Waals surface area contributed by atoms with Crippen LogP contribution in [0.4, 0.5) is 13.2 Å². The van der Waals surface area contributed by atoms with E-state index in [1.54, 1.807) is 29.8 Å². The summed E-state index contributed by atoms with van der Waals surface area (Å²) in [5.74, 6) is -0.784. The summed E-state index contributed by atoms with van der Waals surface area (Å²) in [5.41, 5.74) is 1.75. The second kappa shape index (κ2) is 6.86. The van der Waals surface area contributed by atoms with Crippen LogP contribution in [0.3, 0.4) is 0 Å². The molecule has 3 rings (SSSR count). The Labute approximate surface area is 152 Å². The molecule has 0 unspecified atom stereocenters. The van der Waals surface area contributed by atoms with Crippen molar-refractivity contribution < 1.29 is 32.5 Å². The van der Waals surface area contributed by atoms with Crippen molar-refractivity contribution in [3.8, 4) is 11.6 Å². The molecule has 27 heavy (non-hydrogen) atoms. The lowest BCUT2D eigenvalue weighted by atomic mass is 10.1. The van der Waals surface area contributed by atoms with Crippen molar-refractivity contribution in [2.24, 2.45) is 0 Å². The van der Waals surface area contributed by atoms with Crippen molar-refractivity contribution in [3.05, 3.63) is 59.3 Å². The third-order valence-corrected chi connectivity index (χ3v) is 4.09. The summed E-state index contributed by atoms with van der Waals surface area (Å²) in [4.78, 5) is 11.7. The number of hydrogen-bond donors (Lipinski definition) is 1. The number of aryl methyl sites for hydroxylation is 1. The van der Waals surface area contributed by atoms with Crippen LogP contribution >= 0.6 is 0 Å². The van der Waals surface area contributed by atoms with E-state index in [1.807, 2.05) is 0 Å². The smallest absolute Gasteiger partial charge is 0.494 e. The molecule has 1 N–H and O–H groups in total. The molecule has 142 valence electrons. The molecule has 0 aliphatic carbocycles. The van der Waals surface area contributed by atoms with Crippen molar-refractivity contribution in [1.82, 2.24) is 4.57 Å². The summed E-state index contributed by atoms with van der Waals surface area (Å²) in [6, 6.07) is 8.63. The normalized spacial score (nSPS) is 11.6. The van der Waals surface area contributed by atoms with Crippen LogP contribution in [0.5, 0.6) is 11.6 Å². The van der Waals surface area contributed by atoms with Crippen LogP contribution in [0.2, 0.25) is 0 Å². The molecule has 1 aromatic heterocycles. The number of methoxy groups -OCH3 is 1. The van der Waals surface area contributed by atoms with Gasteiger partial charge in [0.2, 0.25) is 0 Å². The highest BCUT2D eigenvalue weighted by Crippen LogP contribution is 2.32. The number of benzene rings is 2. The van der Waals surface area contributed by atoms with Crippen molar-refractivity contribution in [2.45, 2.75) is 19.8 Å². The van der Waals surface area contributed by atoms with Gasteiger partial charge >= 0.3 is 12.3 Å². The largest absolute Gasteiger partial charge is 0.573 e. The number of rotatable bonds is 4. The highest BCUT2D eigenvalue weighted by Gasteiger charge is 2.30. The summed E-state index contributed by atoms with van der Waals surface area (Å²) >= 11 is 0. The molecule has 5 nitrogen and oxygen atoms in total. The lowest BCUT2D eigenvalue weighted by Gasteiger charge is -2.10. The number of aromatic nitrogens is 1. The molecule has 0 bridgehead atoms. The van der Waals surface area contributed by atoms with Crippen LogP contribution < -0.4 is 4.74 Å². The molecule has 0 aliphatic heterocycles. The zero-order valence-corrected chi connectivity index (χ0v) is 14.5. The van der Waals surface area contributed by atoms with Gasteiger partial charge in [0.1, 0.15) is 5.75 Å². The van der Waals surface area contributed by atoms with Gasteiger partial charge in [-0.15, -0.1) is 13.2 Å². The van der Waals surface area contributed by atoms with Crippen LogP contribution in [-0.2, 0) is 11.3 Å². The van der Waals surface area contributed by atoms with E-state index in [9.17, 15) is 23.1 Å². The second-order valence-corrected chi connectivity index (χ2v) is 6.02. The lowest BCUT2D eigenvalue weighted by molar-refractivity contribution is -0.274. The first-order chi connectivity index (χ1) is 12.7. The Morgan fingerprint density at radius 3 is 2.44 bits per heavy atom. The molecular formula is C19H16F3NO4. The summed E-state index contributed by atoms with van der Waals surface area (Å²) < 4.78 is 46.8. The van der Waals surface area contributed by atoms with E-state index < -0.39 is 12.3 Å². The average molecular weight is 379 g/mol. The van der Waals surface area contributed by atoms with Crippen molar-refractivity contribution in [1.29, 1.82) is 0 Å². The fourth-order valence-electron chi connectivity index (χ4n) is 2.94. The van der Waals surface area contributed by atoms with Gasteiger partial charge in [-0.1, -0.05) is 12.1 Å². The van der Waals surface area contributed by atoms with E-state index in [4.69, 9.17) is 4.74 Å². The Hall–Kier alpha value is -3.16. The van der Waals surface area contributed by atoms with E-state index in [-0.39, 0.29) is 18.2 Å². The number of alkyl halides is 3. The van der Waals surface area contributed by atoms with Crippen LogP contribution in [-0.4, -0.2) is 29.1 Å². The molecule has 0 radical (unpaired) electrons. The van der Waals surface area contributed by atoms with E-state index in [2.05, 4.69) is 4.74 Å². The summed E-state index contributed by atoms with van der Waals surface area (Å²) in [6.45, 7) is 2.00. The Morgan fingerprint density at radius 2 is 1.85 bits per heavy atom. The van der Waals surface area contributed by atoms with Crippen LogP contribution in [0.1, 0.15) is 21.5 Å². The maximum atomic E-state index is 12.2. The van der Waals surface area contributed by atoms with Crippen LogP contribution in [0.25, 0.3) is 10.8 Å². The standard InChI is InChI=1S/C19H16F3NO4/c1-11-7-13(18(25)26-2)8-14-10-23(17(24)16(11)14)9-12-3-5-15(6-4-12)27-19(20,21)22/h3-8,10,24H,9H2,1-2H3. The minimum absolute atomic E-state index is 0.00883. The van der Waals surface area contributed by atoms with Gasteiger partial charge in [0.05, 0.1) is 19.2 Å². The number of esters is 1. The molecule has 8 heteroatoms. The van der Waals surface area contributed by atoms with E-state index in [0.717, 1.165) is 0 Å². The molecule has 0 fully saturated rings. The monoisotopic (exact) mass is 379 g/mol. The highest BCUT2D eigenvalue weighted by atomic mass is 19.4. The molecule has 1 heterocycles. The van der Waals surface area contributed by atoms with Gasteiger partial charge in [-0.25, -0.2) is 4.79 Å². The van der Waals surface area contributed by atoms with E-state index in [1.165, 1.54) is 31.4 Å². The third-order valence-electron chi connectivity index (χ3n) is 4.09. The van der Waals surface area contributed by atoms with Crippen molar-refractivity contribution >= 4 is 16.7 Å². The predicted molar refractivity (Wildman–Crippen MR) is 91.9 cm³/mol. The van der Waals surface area contributed by atoms with Gasteiger partial charge in [0, 0.05) is 17.0 Å². The Kier molecular flexibility index (Phi) is 4.73. The van der Waals surface area contributed by atoms with Gasteiger partial charge in [0.15, 0.2) is 5.88 Å². The minimum atomic E-state index is -4.74. The molecular weight excluding hydrogens is 363 g/mol. The van der Waals surface area contributed by atoms with Crippen molar-refractivity contribution in [2.75, 3.05) is 7.11 Å². The van der Waals surface area contributed by atoms with Gasteiger partial charge < -0.3 is 19.1 Å². The molecule has 3 aromatic rings. The SMILES string of the molecule is COC(=O)c1cc(C)c2c(O)n(Cc3ccc(OC(F)(F)F)cc3)cc2c1. The number of hydrogen-bond acceptors (Lipinski definition) is 4. The predicted octanol–water partition coefficient (Wildman–Crippen LogP) is 4.39. The molecule has 0 aliphatic rings. The quantitative estimate of drug-likeness (QED) is 0.683. The number of aromatic hydroxyl groups is 1. The molecule has 0 atom stereocenters. The van der Waals surface area contributed by atoms with Gasteiger partial charge in [0.25, 0.3) is 0 Å². The molecule has 2 aromatic carbocycles. The molecule has 0 amide bonds. The first-order valence-corrected chi connectivity index (χ1v) is 7.93. The maximum Gasteiger partial charge on any atom is 0.573 e. The Bertz CT molecular complexity index is 991. The zero-order chi connectivity index (χ0) is 19.8. The molecule has 0 saturated heterocycles. The lowest BCUT2D eigenvalue weighted by Crippen LogP contribution is -2.17. The molecule has 0 spiro atoms.